The van der Waals surface area contributed by atoms with Gasteiger partial charge in [0.1, 0.15) is 48.8 Å². The molecule has 7 heterocycles. The number of carbonyl (C=O) groups excluding carboxylic acids is 4. The summed E-state index contributed by atoms with van der Waals surface area (Å²) in [5.41, 5.74) is 6.31. The summed E-state index contributed by atoms with van der Waals surface area (Å²) in [7, 11) is 1.48. The zero-order valence-electron chi connectivity index (χ0n) is 41.2. The number of fused-ring (bicyclic) bond motifs is 5. The Balaban J connectivity index is 0.841. The summed E-state index contributed by atoms with van der Waals surface area (Å²) in [6.07, 6.45) is -10.2. The van der Waals surface area contributed by atoms with Crippen molar-refractivity contribution in [1.82, 2.24) is 44.3 Å². The molecule has 2 aromatic carbocycles. The lowest BCUT2D eigenvalue weighted by Gasteiger charge is -2.27. The van der Waals surface area contributed by atoms with Gasteiger partial charge in [-0.3, -0.25) is 37.3 Å². The summed E-state index contributed by atoms with van der Waals surface area (Å²) in [5, 5.41) is 18.7. The zero-order chi connectivity index (χ0) is 55.8. The molecule has 2 bridgehead atoms. The monoisotopic (exact) mass is 1160 g/mol. The molecule has 3 fully saturated rings. The molecular formula is C45H50F2N12O15P2S2. The number of aromatic amines is 1. The number of benzene rings is 2. The smallest absolute Gasteiger partial charge is 0.410 e. The number of rotatable bonds is 13. The second-order valence-electron chi connectivity index (χ2n) is 18.3. The number of nitrogens with two attached hydrogens (primary N) is 1. The minimum atomic E-state index is -4.60. The first-order valence-corrected chi connectivity index (χ1v) is 28.9. The standard InChI is InChI=1S/C45H50F2N12O15P2S2/c1-21(2)32(48)42(64)49-12-29(60)55-24-10-8-22(9-11-24)15-68-45(65)57(3)13-23-6-4-5-7-25(23)40(62)56-37-33-39(52-18-50-37)59(20-54-33)43-31(47)35-28(72-43)17-70-76(67,78)74-36-34(61)27(16-69-75(66,77)73-35)71-44(36)58-14-26(46)30-38(58)51-19-53-41(30)63/h4-11,14,18-21,27-28,31-32,34-36,43-44,61H,12-13,15-17,48H2,1-3H3,(H,49,64)(H,55,60)(H,66,77)(H,67,78)(H,51,53,63)(H,50,52,56,62)/t27?,28?,31-,32+,34-,35-,36-,43-,44-,75?,76?/m1/s1. The molecule has 3 saturated heterocycles. The number of H-pyrrole nitrogens is 1. The van der Waals surface area contributed by atoms with Crippen molar-refractivity contribution in [2.45, 2.75) is 82.2 Å². The van der Waals surface area contributed by atoms with E-state index >= 15 is 8.78 Å². The number of thiol groups is 1. The lowest BCUT2D eigenvalue weighted by atomic mass is 10.1. The van der Waals surface area contributed by atoms with E-state index in [2.05, 4.69) is 53.1 Å². The van der Waals surface area contributed by atoms with Crippen molar-refractivity contribution in [3.8, 4) is 0 Å². The SMILES string of the molecule is CC(C)[C@H](N)C(=O)NCC(=O)Nc1ccc(COC(=O)N(C)Cc2ccccc2C(=O)Nc2ncnc3c2ncn3[C@@H]2OC3COP(O)(=S)O[C@@H]4[C@H](O)C(COP(=O)(S)O[C@H]3[C@H]2F)O[C@H]4n2cc(F)c3c(=O)[nH]cnc32)cc1. The first-order valence-electron chi connectivity index (χ1n) is 23.6. The number of hydrogen-bond acceptors (Lipinski definition) is 20. The van der Waals surface area contributed by atoms with Crippen LogP contribution in [0.2, 0.25) is 0 Å². The van der Waals surface area contributed by atoms with E-state index in [0.717, 1.165) is 34.3 Å². The Morgan fingerprint density at radius 3 is 2.47 bits per heavy atom. The zero-order valence-corrected chi connectivity index (χ0v) is 44.7. The number of ether oxygens (including phenoxy) is 3. The predicted octanol–water partition coefficient (Wildman–Crippen LogP) is 3.33. The van der Waals surface area contributed by atoms with Crippen LogP contribution in [-0.2, 0) is 71.4 Å². The van der Waals surface area contributed by atoms with Crippen LogP contribution in [0.25, 0.3) is 22.2 Å². The number of imidazole rings is 1. The molecule has 0 spiro atoms. The Morgan fingerprint density at radius 1 is 0.987 bits per heavy atom. The number of hydrogen-bond donors (Lipinski definition) is 8. The van der Waals surface area contributed by atoms with Crippen LogP contribution in [0.5, 0.6) is 0 Å². The Morgan fingerprint density at radius 2 is 1.72 bits per heavy atom. The van der Waals surface area contributed by atoms with E-state index in [1.54, 1.807) is 56.3 Å². The average Bonchev–Trinajstić information content (AvgIpc) is 4.30. The van der Waals surface area contributed by atoms with Crippen molar-refractivity contribution >= 4 is 95.1 Å². The first-order chi connectivity index (χ1) is 37.1. The highest BCUT2D eigenvalue weighted by Crippen LogP contribution is 2.58. The molecule has 8 N–H and O–H groups in total. The summed E-state index contributed by atoms with van der Waals surface area (Å²) in [6.45, 7) is -7.48. The largest absolute Gasteiger partial charge is 0.445 e. The van der Waals surface area contributed by atoms with Crippen LogP contribution in [0.4, 0.5) is 25.1 Å². The Labute approximate surface area is 450 Å². The lowest BCUT2D eigenvalue weighted by Crippen LogP contribution is -2.46. The number of nitrogens with one attached hydrogen (secondary N) is 4. The third-order valence-electron chi connectivity index (χ3n) is 12.6. The summed E-state index contributed by atoms with van der Waals surface area (Å²) in [6, 6.07) is 12.2. The van der Waals surface area contributed by atoms with Crippen molar-refractivity contribution in [3.63, 3.8) is 0 Å². The van der Waals surface area contributed by atoms with E-state index in [0.29, 0.717) is 16.8 Å². The maximum atomic E-state index is 16.8. The predicted molar refractivity (Wildman–Crippen MR) is 276 cm³/mol. The molecule has 27 nitrogen and oxygen atoms in total. The van der Waals surface area contributed by atoms with E-state index in [1.165, 1.54) is 18.0 Å². The molecule has 0 saturated carbocycles. The van der Waals surface area contributed by atoms with Crippen molar-refractivity contribution in [3.05, 3.63) is 107 Å². The molecule has 0 radical (unpaired) electrons. The van der Waals surface area contributed by atoms with Crippen LogP contribution in [0.1, 0.15) is 47.8 Å². The average molecular weight is 1160 g/mol. The van der Waals surface area contributed by atoms with Gasteiger partial charge in [-0.15, -0.1) is 0 Å². The van der Waals surface area contributed by atoms with Crippen LogP contribution < -0.4 is 27.2 Å². The molecular weight excluding hydrogens is 1110 g/mol. The van der Waals surface area contributed by atoms with Gasteiger partial charge in [-0.1, -0.05) is 56.4 Å². The van der Waals surface area contributed by atoms with Gasteiger partial charge >= 0.3 is 19.6 Å². The normalized spacial score (nSPS) is 26.8. The summed E-state index contributed by atoms with van der Waals surface area (Å²) in [5.74, 6) is -2.77. The lowest BCUT2D eigenvalue weighted by molar-refractivity contribution is -0.125. The highest BCUT2D eigenvalue weighted by Gasteiger charge is 2.54. The first kappa shape index (κ1) is 56.5. The number of aliphatic hydroxyl groups excluding tert-OH is 1. The van der Waals surface area contributed by atoms with E-state index in [9.17, 15) is 38.5 Å². The highest BCUT2D eigenvalue weighted by molar-refractivity contribution is 8.44. The Kier molecular flexibility index (Phi) is 16.9. The van der Waals surface area contributed by atoms with E-state index in [-0.39, 0.29) is 53.8 Å². The second kappa shape index (κ2) is 23.3. The van der Waals surface area contributed by atoms with Crippen LogP contribution >= 0.6 is 25.8 Å². The molecule has 33 heteroatoms. The van der Waals surface area contributed by atoms with Gasteiger partial charge in [0.05, 0.1) is 38.5 Å². The third kappa shape index (κ3) is 12.3. The van der Waals surface area contributed by atoms with Gasteiger partial charge in [0.25, 0.3) is 11.5 Å². The fourth-order valence-corrected chi connectivity index (χ4v) is 11.5. The number of halogens is 2. The minimum absolute atomic E-state index is 0.0217. The number of aliphatic hydroxyl groups is 1. The van der Waals surface area contributed by atoms with Crippen molar-refractivity contribution < 1.29 is 74.8 Å². The molecule has 416 valence electrons. The number of alkyl halides is 1. The molecule has 11 atom stereocenters. The molecule has 9 rings (SSSR count). The summed E-state index contributed by atoms with van der Waals surface area (Å²) in [4.78, 5) is 95.5. The van der Waals surface area contributed by atoms with Gasteiger partial charge in [0, 0.05) is 31.0 Å². The topological polar surface area (TPSA) is 350 Å². The molecule has 4 aromatic heterocycles. The van der Waals surface area contributed by atoms with E-state index < -0.39 is 122 Å². The molecule has 3 aliphatic heterocycles. The fraction of sp³-hybridized carbons (Fsp3) is 0.400. The molecule has 4 unspecified atom stereocenters. The number of amides is 4. The molecule has 0 aliphatic carbocycles. The van der Waals surface area contributed by atoms with Crippen molar-refractivity contribution in [1.29, 1.82) is 0 Å². The molecule has 78 heavy (non-hydrogen) atoms. The van der Waals surface area contributed by atoms with Crippen LogP contribution in [0.15, 0.2) is 78.5 Å². The van der Waals surface area contributed by atoms with Gasteiger partial charge in [-0.2, -0.15) is 0 Å². The summed E-state index contributed by atoms with van der Waals surface area (Å²) >= 11 is 9.34. The van der Waals surface area contributed by atoms with Gasteiger partial charge in [0.2, 0.25) is 11.8 Å². The van der Waals surface area contributed by atoms with Crippen LogP contribution in [0, 0.1) is 11.7 Å². The Bertz CT molecular complexity index is 3410. The van der Waals surface area contributed by atoms with Gasteiger partial charge in [-0.25, -0.2) is 38.1 Å². The number of nitrogens with zero attached hydrogens (tertiary/aromatic N) is 7. The third-order valence-corrected chi connectivity index (χ3v) is 15.8. The Hall–Kier alpha value is -6.18. The number of aromatic nitrogens is 7. The number of anilines is 2. The van der Waals surface area contributed by atoms with Crippen LogP contribution in [-0.4, -0.2) is 142 Å². The summed E-state index contributed by atoms with van der Waals surface area (Å²) < 4.78 is 87.7. The van der Waals surface area contributed by atoms with E-state index in [1.807, 2.05) is 0 Å². The number of carbonyl (C=O) groups is 4. The maximum absolute atomic E-state index is 16.8. The fourth-order valence-electron chi connectivity index (χ4n) is 8.56. The van der Waals surface area contributed by atoms with Gasteiger partial charge in [0.15, 0.2) is 47.1 Å². The molecule has 4 amide bonds. The van der Waals surface area contributed by atoms with Gasteiger partial charge in [-0.05, 0) is 47.1 Å². The van der Waals surface area contributed by atoms with Gasteiger partial charge < -0.3 is 64.9 Å². The van der Waals surface area contributed by atoms with Crippen molar-refractivity contribution in [2.75, 3.05) is 37.4 Å². The van der Waals surface area contributed by atoms with E-state index in [4.69, 9.17) is 49.8 Å². The second-order valence-corrected chi connectivity index (χ2v) is 24.0. The molecule has 3 aliphatic rings. The minimum Gasteiger partial charge on any atom is -0.445 e. The maximum Gasteiger partial charge on any atom is 0.410 e. The quantitative estimate of drug-likeness (QED) is 0.0607. The highest BCUT2D eigenvalue weighted by atomic mass is 32.7. The van der Waals surface area contributed by atoms with Crippen molar-refractivity contribution in [2.24, 2.45) is 11.7 Å². The van der Waals surface area contributed by atoms with Crippen LogP contribution in [0.3, 0.4) is 0 Å². The molecule has 6 aromatic rings.